The van der Waals surface area contributed by atoms with Crippen molar-refractivity contribution in [2.24, 2.45) is 0 Å². The van der Waals surface area contributed by atoms with Gasteiger partial charge >= 0.3 is 5.97 Å². The Morgan fingerprint density at radius 2 is 2.36 bits per heavy atom. The number of aromatic nitrogens is 2. The maximum absolute atomic E-state index is 12.9. The summed E-state index contributed by atoms with van der Waals surface area (Å²) in [6.45, 7) is 3.21. The van der Waals surface area contributed by atoms with Crippen molar-refractivity contribution >= 4 is 40.2 Å². The quantitative estimate of drug-likeness (QED) is 0.434. The van der Waals surface area contributed by atoms with E-state index >= 15 is 0 Å². The zero-order valence-electron chi connectivity index (χ0n) is 13.9. The van der Waals surface area contributed by atoms with Crippen molar-refractivity contribution in [2.45, 2.75) is 37.6 Å². The fourth-order valence-corrected chi connectivity index (χ4v) is 3.74. The van der Waals surface area contributed by atoms with Crippen molar-refractivity contribution in [3.8, 4) is 0 Å². The molecule has 0 saturated carbocycles. The summed E-state index contributed by atoms with van der Waals surface area (Å²) in [6.07, 6.45) is 1.89. The average Bonchev–Trinajstić information content (AvgIpc) is 3.09. The second-order valence-electron chi connectivity index (χ2n) is 5.70. The summed E-state index contributed by atoms with van der Waals surface area (Å²) in [5, 5.41) is 1.49. The first-order chi connectivity index (χ1) is 12.1. The van der Waals surface area contributed by atoms with Crippen molar-refractivity contribution in [1.29, 1.82) is 0 Å². The third kappa shape index (κ3) is 4.34. The minimum absolute atomic E-state index is 0.00815. The van der Waals surface area contributed by atoms with Crippen LogP contribution in [0.4, 0.5) is 0 Å². The van der Waals surface area contributed by atoms with E-state index in [2.05, 4.69) is 4.98 Å². The number of hydrogen-bond acceptors (Lipinski definition) is 6. The first-order valence-corrected chi connectivity index (χ1v) is 9.55. The van der Waals surface area contributed by atoms with E-state index in [4.69, 9.17) is 21.1 Å². The van der Waals surface area contributed by atoms with Crippen LogP contribution in [0.15, 0.2) is 28.2 Å². The highest BCUT2D eigenvalue weighted by atomic mass is 35.5. The summed E-state index contributed by atoms with van der Waals surface area (Å²) >= 11 is 7.21. The van der Waals surface area contributed by atoms with E-state index < -0.39 is 0 Å². The monoisotopic (exact) mass is 382 g/mol. The molecule has 0 radical (unpaired) electrons. The molecule has 0 aliphatic carbocycles. The molecule has 1 aliphatic rings. The third-order valence-electron chi connectivity index (χ3n) is 3.92. The summed E-state index contributed by atoms with van der Waals surface area (Å²) in [5.41, 5.74) is 0.371. The van der Waals surface area contributed by atoms with Crippen LogP contribution in [0.25, 0.3) is 10.9 Å². The predicted molar refractivity (Wildman–Crippen MR) is 97.3 cm³/mol. The molecule has 1 atom stereocenters. The fraction of sp³-hybridized carbons (Fsp3) is 0.471. The van der Waals surface area contributed by atoms with E-state index in [-0.39, 0.29) is 23.4 Å². The van der Waals surface area contributed by atoms with Gasteiger partial charge in [-0.3, -0.25) is 14.2 Å². The Labute approximate surface area is 154 Å². The molecule has 25 heavy (non-hydrogen) atoms. The number of hydrogen-bond donors (Lipinski definition) is 0. The largest absolute Gasteiger partial charge is 0.465 e. The van der Waals surface area contributed by atoms with Gasteiger partial charge < -0.3 is 9.47 Å². The fourth-order valence-electron chi connectivity index (χ4n) is 2.76. The number of benzene rings is 1. The Bertz CT molecular complexity index is 833. The lowest BCUT2D eigenvalue weighted by molar-refractivity contribution is -0.139. The molecule has 1 aromatic heterocycles. The lowest BCUT2D eigenvalue weighted by atomic mass is 10.2. The molecular formula is C17H19ClN2O4S. The van der Waals surface area contributed by atoms with Crippen LogP contribution in [0.5, 0.6) is 0 Å². The molecule has 6 nitrogen and oxygen atoms in total. The Morgan fingerprint density at radius 1 is 1.52 bits per heavy atom. The maximum atomic E-state index is 12.9. The topological polar surface area (TPSA) is 70.4 Å². The minimum Gasteiger partial charge on any atom is -0.465 e. The normalized spacial score (nSPS) is 17.1. The number of ether oxygens (including phenoxy) is 2. The third-order valence-corrected chi connectivity index (χ3v) is 5.10. The van der Waals surface area contributed by atoms with Crippen LogP contribution in [0.3, 0.4) is 0 Å². The van der Waals surface area contributed by atoms with E-state index in [1.54, 1.807) is 29.7 Å². The predicted octanol–water partition coefficient (Wildman–Crippen LogP) is 2.88. The van der Waals surface area contributed by atoms with Gasteiger partial charge in [-0.05, 0) is 38.0 Å². The lowest BCUT2D eigenvalue weighted by Gasteiger charge is -2.16. The summed E-state index contributed by atoms with van der Waals surface area (Å²) < 4.78 is 12.2. The number of carbonyl (C=O) groups excluding carboxylic acids is 1. The van der Waals surface area contributed by atoms with Gasteiger partial charge in [-0.25, -0.2) is 4.98 Å². The molecule has 2 aromatic rings. The highest BCUT2D eigenvalue weighted by molar-refractivity contribution is 7.99. The first-order valence-electron chi connectivity index (χ1n) is 8.18. The Morgan fingerprint density at radius 3 is 3.08 bits per heavy atom. The molecule has 134 valence electrons. The van der Waals surface area contributed by atoms with Crippen molar-refractivity contribution < 1.29 is 14.3 Å². The molecule has 0 bridgehead atoms. The molecule has 1 saturated heterocycles. The molecule has 2 heterocycles. The van der Waals surface area contributed by atoms with Crippen molar-refractivity contribution in [3.05, 3.63) is 33.6 Å². The lowest BCUT2D eigenvalue weighted by Crippen LogP contribution is -2.29. The number of fused-ring (bicyclic) bond motifs is 1. The molecule has 0 spiro atoms. The second kappa shape index (κ2) is 8.21. The zero-order chi connectivity index (χ0) is 17.8. The van der Waals surface area contributed by atoms with E-state index in [1.807, 2.05) is 0 Å². The SMILES string of the molecule is CCOC(=O)CSc1nc2cc(Cl)ccc2c(=O)n1C[C@H]1CCCO1. The van der Waals surface area contributed by atoms with Gasteiger partial charge in [0.25, 0.3) is 5.56 Å². The summed E-state index contributed by atoms with van der Waals surface area (Å²) in [6, 6.07) is 5.01. The number of esters is 1. The Hall–Kier alpha value is -1.57. The number of halogens is 1. The standard InChI is InChI=1S/C17H19ClN2O4S/c1-2-23-15(21)10-25-17-19-14-8-11(18)5-6-13(14)16(22)20(17)9-12-4-3-7-24-12/h5-6,8,12H,2-4,7,9-10H2,1H3/t12-/m1/s1. The van der Waals surface area contributed by atoms with E-state index in [0.717, 1.165) is 12.8 Å². The van der Waals surface area contributed by atoms with Gasteiger partial charge in [-0.1, -0.05) is 23.4 Å². The van der Waals surface area contributed by atoms with Gasteiger partial charge in [0, 0.05) is 11.6 Å². The van der Waals surface area contributed by atoms with Crippen molar-refractivity contribution in [3.63, 3.8) is 0 Å². The smallest absolute Gasteiger partial charge is 0.316 e. The molecule has 1 fully saturated rings. The zero-order valence-corrected chi connectivity index (χ0v) is 15.4. The maximum Gasteiger partial charge on any atom is 0.316 e. The van der Waals surface area contributed by atoms with Crippen LogP contribution < -0.4 is 5.56 Å². The van der Waals surface area contributed by atoms with E-state index in [1.165, 1.54) is 11.8 Å². The number of rotatable bonds is 6. The van der Waals surface area contributed by atoms with E-state index in [0.29, 0.717) is 40.8 Å². The van der Waals surface area contributed by atoms with Crippen LogP contribution in [0.1, 0.15) is 19.8 Å². The van der Waals surface area contributed by atoms with E-state index in [9.17, 15) is 9.59 Å². The molecule has 1 aromatic carbocycles. The molecule has 3 rings (SSSR count). The molecule has 1 aliphatic heterocycles. The minimum atomic E-state index is -0.336. The highest BCUT2D eigenvalue weighted by Crippen LogP contribution is 2.22. The van der Waals surface area contributed by atoms with Crippen LogP contribution in [0, 0.1) is 0 Å². The molecule has 8 heteroatoms. The average molecular weight is 383 g/mol. The van der Waals surface area contributed by atoms with Crippen molar-refractivity contribution in [1.82, 2.24) is 9.55 Å². The molecule has 0 N–H and O–H groups in total. The van der Waals surface area contributed by atoms with Gasteiger partial charge in [-0.2, -0.15) is 0 Å². The number of thioether (sulfide) groups is 1. The second-order valence-corrected chi connectivity index (χ2v) is 7.08. The van der Waals surface area contributed by atoms with Gasteiger partial charge in [0.1, 0.15) is 0 Å². The summed E-state index contributed by atoms with van der Waals surface area (Å²) in [7, 11) is 0. The molecular weight excluding hydrogens is 364 g/mol. The van der Waals surface area contributed by atoms with Gasteiger partial charge in [0.2, 0.25) is 0 Å². The van der Waals surface area contributed by atoms with Gasteiger partial charge in [0.15, 0.2) is 5.16 Å². The van der Waals surface area contributed by atoms with Crippen LogP contribution in [-0.4, -0.2) is 40.6 Å². The van der Waals surface area contributed by atoms with Gasteiger partial charge in [0.05, 0.1) is 35.9 Å². The van der Waals surface area contributed by atoms with Crippen LogP contribution >= 0.6 is 23.4 Å². The van der Waals surface area contributed by atoms with Gasteiger partial charge in [-0.15, -0.1) is 0 Å². The number of nitrogens with zero attached hydrogens (tertiary/aromatic N) is 2. The molecule has 0 unspecified atom stereocenters. The summed E-state index contributed by atoms with van der Waals surface area (Å²) in [5.74, 6) is -0.241. The Balaban J connectivity index is 1.97. The molecule has 0 amide bonds. The summed E-state index contributed by atoms with van der Waals surface area (Å²) in [4.78, 5) is 29.1. The van der Waals surface area contributed by atoms with Crippen molar-refractivity contribution in [2.75, 3.05) is 19.0 Å². The highest BCUT2D eigenvalue weighted by Gasteiger charge is 2.21. The van der Waals surface area contributed by atoms with Crippen LogP contribution in [0.2, 0.25) is 5.02 Å². The van der Waals surface area contributed by atoms with Crippen LogP contribution in [-0.2, 0) is 20.8 Å². The Kier molecular flexibility index (Phi) is 5.98. The first kappa shape index (κ1) is 18.2. The number of carbonyl (C=O) groups is 1.